The number of nitrogens with two attached hydrogens (primary N) is 1. The van der Waals surface area contributed by atoms with Gasteiger partial charge in [-0.05, 0) is 53.5 Å². The van der Waals surface area contributed by atoms with Crippen LogP contribution in [0.4, 0.5) is 0 Å². The molecule has 2 N–H and O–H groups in total. The first kappa shape index (κ1) is 11.5. The predicted molar refractivity (Wildman–Crippen MR) is 76.4 cm³/mol. The lowest BCUT2D eigenvalue weighted by molar-refractivity contribution is 0.686. The Hall–Kier alpha value is -1.60. The summed E-state index contributed by atoms with van der Waals surface area (Å²) in [6.45, 7) is 0.604. The van der Waals surface area contributed by atoms with Gasteiger partial charge in [-0.25, -0.2) is 0 Å². The van der Waals surface area contributed by atoms with E-state index in [-0.39, 0.29) is 0 Å². The molecule has 0 aromatic heterocycles. The Morgan fingerprint density at radius 3 is 2.50 bits per heavy atom. The second-order valence-electron chi connectivity index (χ2n) is 5.05. The van der Waals surface area contributed by atoms with E-state index in [0.717, 1.165) is 0 Å². The van der Waals surface area contributed by atoms with Crippen molar-refractivity contribution in [2.75, 3.05) is 0 Å². The summed E-state index contributed by atoms with van der Waals surface area (Å²) >= 11 is 0. The van der Waals surface area contributed by atoms with Crippen LogP contribution in [0, 0.1) is 0 Å². The second-order valence-corrected chi connectivity index (χ2v) is 5.05. The average Bonchev–Trinajstić information content (AvgIpc) is 2.46. The van der Waals surface area contributed by atoms with Crippen LogP contribution >= 0.6 is 0 Å². The molecule has 2 aromatic carbocycles. The molecular weight excluding hydrogens is 218 g/mol. The molecule has 92 valence electrons. The number of aryl methyl sites for hydroxylation is 2. The van der Waals surface area contributed by atoms with Crippen molar-refractivity contribution < 1.29 is 0 Å². The van der Waals surface area contributed by atoms with Gasteiger partial charge in [-0.1, -0.05) is 42.5 Å². The number of hydrogen-bond donors (Lipinski definition) is 1. The van der Waals surface area contributed by atoms with Gasteiger partial charge < -0.3 is 5.73 Å². The third-order valence-corrected chi connectivity index (χ3v) is 3.90. The van der Waals surface area contributed by atoms with Crippen molar-refractivity contribution in [2.24, 2.45) is 5.73 Å². The van der Waals surface area contributed by atoms with E-state index >= 15 is 0 Å². The molecule has 0 spiro atoms. The predicted octanol–water partition coefficient (Wildman–Crippen LogP) is 3.69. The zero-order chi connectivity index (χ0) is 12.4. The number of rotatable bonds is 2. The van der Waals surface area contributed by atoms with Gasteiger partial charge in [0.15, 0.2) is 0 Å². The molecule has 0 unspecified atom stereocenters. The standard InChI is InChI=1S/C17H19N/c18-12-16-7-3-4-8-17(16)15-10-9-13-5-1-2-6-14(13)11-15/h3-4,7-11H,1-2,5-6,12,18H2. The Bertz CT molecular complexity index is 557. The molecule has 1 aliphatic carbocycles. The molecule has 2 aromatic rings. The summed E-state index contributed by atoms with van der Waals surface area (Å²) in [4.78, 5) is 0. The number of benzene rings is 2. The summed E-state index contributed by atoms with van der Waals surface area (Å²) in [5.41, 5.74) is 12.7. The third-order valence-electron chi connectivity index (χ3n) is 3.90. The van der Waals surface area contributed by atoms with Crippen LogP contribution in [0.25, 0.3) is 11.1 Å². The summed E-state index contributed by atoms with van der Waals surface area (Å²) in [7, 11) is 0. The molecular formula is C17H19N. The maximum Gasteiger partial charge on any atom is 0.0184 e. The van der Waals surface area contributed by atoms with Crippen LogP contribution in [0.15, 0.2) is 42.5 Å². The van der Waals surface area contributed by atoms with Crippen LogP contribution in [-0.2, 0) is 19.4 Å². The molecule has 1 heteroatoms. The van der Waals surface area contributed by atoms with E-state index in [9.17, 15) is 0 Å². The fourth-order valence-electron chi connectivity index (χ4n) is 2.88. The molecule has 18 heavy (non-hydrogen) atoms. The summed E-state index contributed by atoms with van der Waals surface area (Å²) < 4.78 is 0. The molecule has 0 saturated heterocycles. The zero-order valence-electron chi connectivity index (χ0n) is 10.7. The summed E-state index contributed by atoms with van der Waals surface area (Å²) in [5, 5.41) is 0. The largest absolute Gasteiger partial charge is 0.326 e. The topological polar surface area (TPSA) is 26.0 Å². The quantitative estimate of drug-likeness (QED) is 0.847. The van der Waals surface area contributed by atoms with Crippen LogP contribution in [-0.4, -0.2) is 0 Å². The zero-order valence-corrected chi connectivity index (χ0v) is 10.7. The third kappa shape index (κ3) is 2.06. The highest BCUT2D eigenvalue weighted by molar-refractivity contribution is 5.68. The van der Waals surface area contributed by atoms with Crippen molar-refractivity contribution in [2.45, 2.75) is 32.2 Å². The lowest BCUT2D eigenvalue weighted by Gasteiger charge is -2.17. The molecule has 0 saturated carbocycles. The van der Waals surface area contributed by atoms with Gasteiger partial charge in [0.25, 0.3) is 0 Å². The number of hydrogen-bond acceptors (Lipinski definition) is 1. The van der Waals surface area contributed by atoms with Gasteiger partial charge in [0.2, 0.25) is 0 Å². The first-order valence-corrected chi connectivity index (χ1v) is 6.78. The van der Waals surface area contributed by atoms with Crippen molar-refractivity contribution in [1.82, 2.24) is 0 Å². The summed E-state index contributed by atoms with van der Waals surface area (Å²) in [6.07, 6.45) is 5.14. The van der Waals surface area contributed by atoms with Crippen molar-refractivity contribution in [3.8, 4) is 11.1 Å². The maximum atomic E-state index is 5.83. The van der Waals surface area contributed by atoms with Crippen molar-refractivity contribution in [3.63, 3.8) is 0 Å². The lowest BCUT2D eigenvalue weighted by atomic mass is 9.88. The van der Waals surface area contributed by atoms with Gasteiger partial charge in [-0.2, -0.15) is 0 Å². The fourth-order valence-corrected chi connectivity index (χ4v) is 2.88. The van der Waals surface area contributed by atoms with E-state index in [4.69, 9.17) is 5.73 Å². The molecule has 0 aliphatic heterocycles. The second kappa shape index (κ2) is 4.95. The highest BCUT2D eigenvalue weighted by atomic mass is 14.5. The number of fused-ring (bicyclic) bond motifs is 1. The van der Waals surface area contributed by atoms with E-state index in [1.54, 1.807) is 0 Å². The van der Waals surface area contributed by atoms with Gasteiger partial charge in [0, 0.05) is 6.54 Å². The van der Waals surface area contributed by atoms with E-state index in [2.05, 4.69) is 42.5 Å². The van der Waals surface area contributed by atoms with E-state index < -0.39 is 0 Å². The Labute approximate surface area is 109 Å². The Balaban J connectivity index is 2.06. The van der Waals surface area contributed by atoms with Gasteiger partial charge in [0.1, 0.15) is 0 Å². The van der Waals surface area contributed by atoms with Gasteiger partial charge >= 0.3 is 0 Å². The Kier molecular flexibility index (Phi) is 3.16. The first-order valence-electron chi connectivity index (χ1n) is 6.78. The first-order chi connectivity index (χ1) is 8.88. The van der Waals surface area contributed by atoms with E-state index in [1.165, 1.54) is 53.5 Å². The molecule has 3 rings (SSSR count). The molecule has 1 aliphatic rings. The molecule has 0 amide bonds. The van der Waals surface area contributed by atoms with Gasteiger partial charge in [-0.3, -0.25) is 0 Å². The van der Waals surface area contributed by atoms with Crippen LogP contribution in [0.1, 0.15) is 29.5 Å². The van der Waals surface area contributed by atoms with Crippen molar-refractivity contribution in [3.05, 3.63) is 59.2 Å². The normalized spacial score (nSPS) is 14.3. The minimum absolute atomic E-state index is 0.604. The minimum Gasteiger partial charge on any atom is -0.326 e. The minimum atomic E-state index is 0.604. The summed E-state index contributed by atoms with van der Waals surface area (Å²) in [6, 6.07) is 15.4. The highest BCUT2D eigenvalue weighted by Gasteiger charge is 2.11. The maximum absolute atomic E-state index is 5.83. The molecule has 0 bridgehead atoms. The average molecular weight is 237 g/mol. The van der Waals surface area contributed by atoms with Crippen molar-refractivity contribution in [1.29, 1.82) is 0 Å². The highest BCUT2D eigenvalue weighted by Crippen LogP contribution is 2.29. The lowest BCUT2D eigenvalue weighted by Crippen LogP contribution is -2.03. The van der Waals surface area contributed by atoms with Crippen LogP contribution in [0.2, 0.25) is 0 Å². The van der Waals surface area contributed by atoms with Crippen LogP contribution in [0.5, 0.6) is 0 Å². The van der Waals surface area contributed by atoms with Crippen LogP contribution in [0.3, 0.4) is 0 Å². The molecule has 0 heterocycles. The summed E-state index contributed by atoms with van der Waals surface area (Å²) in [5.74, 6) is 0. The van der Waals surface area contributed by atoms with Crippen LogP contribution < -0.4 is 5.73 Å². The van der Waals surface area contributed by atoms with E-state index in [0.29, 0.717) is 6.54 Å². The Morgan fingerprint density at radius 2 is 1.67 bits per heavy atom. The smallest absolute Gasteiger partial charge is 0.0184 e. The molecule has 0 fully saturated rings. The van der Waals surface area contributed by atoms with Crippen molar-refractivity contribution >= 4 is 0 Å². The molecule has 0 atom stereocenters. The monoisotopic (exact) mass is 237 g/mol. The van der Waals surface area contributed by atoms with E-state index in [1.807, 2.05) is 0 Å². The molecule has 1 nitrogen and oxygen atoms in total. The SMILES string of the molecule is NCc1ccccc1-c1ccc2c(c1)CCCC2. The molecule has 0 radical (unpaired) electrons. The van der Waals surface area contributed by atoms with Gasteiger partial charge in [-0.15, -0.1) is 0 Å². The fraction of sp³-hybridized carbons (Fsp3) is 0.294. The Morgan fingerprint density at radius 1 is 0.889 bits per heavy atom. The van der Waals surface area contributed by atoms with Gasteiger partial charge in [0.05, 0.1) is 0 Å².